The van der Waals surface area contributed by atoms with Gasteiger partial charge >= 0.3 is 0 Å². The molecule has 3 aromatic rings. The van der Waals surface area contributed by atoms with Gasteiger partial charge in [0.2, 0.25) is 0 Å². The zero-order valence-corrected chi connectivity index (χ0v) is 16.7. The highest BCUT2D eigenvalue weighted by atomic mass is 16.1. The van der Waals surface area contributed by atoms with Gasteiger partial charge in [0, 0.05) is 30.4 Å². The molecule has 1 saturated heterocycles. The average Bonchev–Trinajstić information content (AvgIpc) is 2.83. The number of hydrogen-bond donors (Lipinski definition) is 0. The highest BCUT2D eigenvalue weighted by Crippen LogP contribution is 2.25. The Hall–Kier alpha value is -4.48. The summed E-state index contributed by atoms with van der Waals surface area (Å²) in [5.41, 5.74) is 4.19. The fourth-order valence-electron chi connectivity index (χ4n) is 3.45. The van der Waals surface area contributed by atoms with Crippen molar-refractivity contribution in [2.75, 3.05) is 18.0 Å². The van der Waals surface area contributed by atoms with Gasteiger partial charge in [0.05, 0.1) is 23.3 Å². The third-order valence-corrected chi connectivity index (χ3v) is 5.04. The molecule has 0 radical (unpaired) electrons. The fraction of sp³-hybridized carbons (Fsp3) is 0.0769. The van der Waals surface area contributed by atoms with Crippen LogP contribution in [0.15, 0.2) is 84.1 Å². The minimum absolute atomic E-state index is 0.0131. The fourth-order valence-corrected chi connectivity index (χ4v) is 3.45. The second-order valence-electron chi connectivity index (χ2n) is 7.18. The van der Waals surface area contributed by atoms with Crippen molar-refractivity contribution in [2.45, 2.75) is 0 Å². The third kappa shape index (κ3) is 4.58. The Balaban J connectivity index is 1.72. The lowest BCUT2D eigenvalue weighted by molar-refractivity contribution is -0.112. The van der Waals surface area contributed by atoms with Gasteiger partial charge < -0.3 is 4.90 Å². The average molecular weight is 402 g/mol. The predicted octanol–water partition coefficient (Wildman–Crippen LogP) is 4.38. The van der Waals surface area contributed by atoms with Crippen LogP contribution in [0.4, 0.5) is 5.82 Å². The van der Waals surface area contributed by atoms with E-state index < -0.39 is 0 Å². The highest BCUT2D eigenvalue weighted by molar-refractivity contribution is 6.15. The predicted molar refractivity (Wildman–Crippen MR) is 120 cm³/mol. The van der Waals surface area contributed by atoms with Crippen LogP contribution >= 0.6 is 0 Å². The summed E-state index contributed by atoms with van der Waals surface area (Å²) < 4.78 is 0. The van der Waals surface area contributed by atoms with E-state index in [1.807, 2.05) is 54.6 Å². The molecule has 148 valence electrons. The summed E-state index contributed by atoms with van der Waals surface area (Å²) in [6, 6.07) is 24.2. The van der Waals surface area contributed by atoms with Crippen molar-refractivity contribution >= 4 is 23.8 Å². The summed E-state index contributed by atoms with van der Waals surface area (Å²) in [5, 5.41) is 18.0. The summed E-state index contributed by atoms with van der Waals surface area (Å²) in [7, 11) is 0. The molecule has 0 N–H and O–H groups in total. The van der Waals surface area contributed by atoms with Crippen LogP contribution < -0.4 is 4.90 Å². The molecule has 5 heteroatoms. The van der Waals surface area contributed by atoms with E-state index in [0.29, 0.717) is 35.4 Å². The molecule has 2 heterocycles. The number of hydrogen-bond acceptors (Lipinski definition) is 5. The van der Waals surface area contributed by atoms with E-state index in [0.717, 1.165) is 16.9 Å². The molecule has 1 aromatic heterocycles. The van der Waals surface area contributed by atoms with Crippen LogP contribution in [0.5, 0.6) is 0 Å². The molecule has 0 atom stereocenters. The maximum absolute atomic E-state index is 13.3. The van der Waals surface area contributed by atoms with Crippen LogP contribution in [0.2, 0.25) is 0 Å². The number of pyridine rings is 1. The summed E-state index contributed by atoms with van der Waals surface area (Å²) in [4.78, 5) is 19.8. The number of nitriles is 2. The summed E-state index contributed by atoms with van der Waals surface area (Å²) >= 11 is 0. The van der Waals surface area contributed by atoms with E-state index in [4.69, 9.17) is 10.5 Å². The van der Waals surface area contributed by atoms with Crippen molar-refractivity contribution in [3.63, 3.8) is 0 Å². The first-order chi connectivity index (χ1) is 15.2. The number of nitrogens with zero attached hydrogens (tertiary/aromatic N) is 4. The number of anilines is 1. The molecular formula is C26H18N4O. The van der Waals surface area contributed by atoms with Crippen molar-refractivity contribution in [3.05, 3.63) is 106 Å². The molecule has 0 unspecified atom stereocenters. The molecule has 1 aliphatic rings. The molecule has 0 amide bonds. The summed E-state index contributed by atoms with van der Waals surface area (Å²) in [6.45, 7) is 0.890. The van der Waals surface area contributed by atoms with E-state index in [9.17, 15) is 4.79 Å². The number of carbonyl (C=O) groups is 1. The highest BCUT2D eigenvalue weighted by Gasteiger charge is 2.26. The number of piperidine rings is 1. The van der Waals surface area contributed by atoms with Gasteiger partial charge in [-0.2, -0.15) is 10.5 Å². The van der Waals surface area contributed by atoms with Gasteiger partial charge in [-0.1, -0.05) is 30.3 Å². The molecule has 2 aromatic carbocycles. The minimum Gasteiger partial charge on any atom is -0.348 e. The molecule has 31 heavy (non-hydrogen) atoms. The van der Waals surface area contributed by atoms with Crippen LogP contribution in [-0.4, -0.2) is 23.9 Å². The lowest BCUT2D eigenvalue weighted by Crippen LogP contribution is -2.38. The first-order valence-electron chi connectivity index (χ1n) is 9.78. The standard InChI is InChI=1S/C26H18N4O/c27-15-21-8-4-19(5-9-21)13-23-17-30(25-3-1-2-12-29-25)18-24(26(23)31)14-20-6-10-22(16-28)11-7-20/h1-14H,17-18H2/b23-13-,24-14+. The smallest absolute Gasteiger partial charge is 0.188 e. The number of benzene rings is 2. The molecule has 1 fully saturated rings. The summed E-state index contributed by atoms with van der Waals surface area (Å²) in [5.74, 6) is 0.785. The Labute approximate surface area is 180 Å². The van der Waals surface area contributed by atoms with Crippen LogP contribution in [0, 0.1) is 22.7 Å². The Kier molecular flexibility index (Phi) is 5.69. The molecule has 0 bridgehead atoms. The van der Waals surface area contributed by atoms with Crippen LogP contribution in [-0.2, 0) is 4.79 Å². The van der Waals surface area contributed by atoms with E-state index in [2.05, 4.69) is 22.0 Å². The second kappa shape index (κ2) is 8.90. The maximum Gasteiger partial charge on any atom is 0.188 e. The second-order valence-corrected chi connectivity index (χ2v) is 7.18. The van der Waals surface area contributed by atoms with Crippen LogP contribution in [0.1, 0.15) is 22.3 Å². The number of aromatic nitrogens is 1. The van der Waals surface area contributed by atoms with Gasteiger partial charge in [0.25, 0.3) is 0 Å². The number of ketones is 1. The molecule has 1 aliphatic heterocycles. The van der Waals surface area contributed by atoms with Gasteiger partial charge in [-0.25, -0.2) is 4.98 Å². The minimum atomic E-state index is -0.0131. The molecule has 5 nitrogen and oxygen atoms in total. The molecule has 0 saturated carbocycles. The molecular weight excluding hydrogens is 384 g/mol. The lowest BCUT2D eigenvalue weighted by atomic mass is 9.94. The number of carbonyl (C=O) groups excluding carboxylic acids is 1. The molecule has 0 aliphatic carbocycles. The van der Waals surface area contributed by atoms with Crippen LogP contribution in [0.3, 0.4) is 0 Å². The molecule has 4 rings (SSSR count). The van der Waals surface area contributed by atoms with Crippen molar-refractivity contribution in [3.8, 4) is 12.1 Å². The maximum atomic E-state index is 13.3. The Morgan fingerprint density at radius 3 is 1.71 bits per heavy atom. The van der Waals surface area contributed by atoms with Gasteiger partial charge in [-0.3, -0.25) is 4.79 Å². The Bertz CT molecular complexity index is 1160. The quantitative estimate of drug-likeness (QED) is 0.607. The normalized spacial score (nSPS) is 16.2. The monoisotopic (exact) mass is 402 g/mol. The van der Waals surface area contributed by atoms with Crippen molar-refractivity contribution in [1.29, 1.82) is 10.5 Å². The van der Waals surface area contributed by atoms with Gasteiger partial charge in [0.15, 0.2) is 5.78 Å². The van der Waals surface area contributed by atoms with E-state index >= 15 is 0 Å². The van der Waals surface area contributed by atoms with Crippen molar-refractivity contribution in [2.24, 2.45) is 0 Å². The van der Waals surface area contributed by atoms with E-state index in [1.54, 1.807) is 30.5 Å². The molecule has 0 spiro atoms. The van der Waals surface area contributed by atoms with Gasteiger partial charge in [0.1, 0.15) is 5.82 Å². The largest absolute Gasteiger partial charge is 0.348 e. The van der Waals surface area contributed by atoms with Crippen molar-refractivity contribution in [1.82, 2.24) is 4.98 Å². The summed E-state index contributed by atoms with van der Waals surface area (Å²) in [6.07, 6.45) is 5.47. The zero-order valence-electron chi connectivity index (χ0n) is 16.7. The first-order valence-corrected chi connectivity index (χ1v) is 9.78. The topological polar surface area (TPSA) is 80.8 Å². The van der Waals surface area contributed by atoms with Gasteiger partial charge in [-0.15, -0.1) is 0 Å². The van der Waals surface area contributed by atoms with Crippen LogP contribution in [0.25, 0.3) is 12.2 Å². The Morgan fingerprint density at radius 1 is 0.774 bits per heavy atom. The first kappa shape index (κ1) is 19.8. The third-order valence-electron chi connectivity index (χ3n) is 5.04. The SMILES string of the molecule is N#Cc1ccc(/C=C2/CN(c3ccccn3)C/C(=C\c3ccc(C#N)cc3)C2=O)cc1. The Morgan fingerprint density at radius 2 is 1.29 bits per heavy atom. The van der Waals surface area contributed by atoms with E-state index in [1.165, 1.54) is 0 Å². The lowest BCUT2D eigenvalue weighted by Gasteiger charge is -2.30. The zero-order chi connectivity index (χ0) is 21.6. The van der Waals surface area contributed by atoms with Gasteiger partial charge in [-0.05, 0) is 59.7 Å². The van der Waals surface area contributed by atoms with Crippen molar-refractivity contribution < 1.29 is 4.79 Å². The van der Waals surface area contributed by atoms with E-state index in [-0.39, 0.29) is 5.78 Å². The number of Topliss-reactive ketones (excluding diaryl/α,β-unsaturated/α-hetero) is 1. The number of rotatable bonds is 3.